The highest BCUT2D eigenvalue weighted by Gasteiger charge is 2.49. The van der Waals surface area contributed by atoms with E-state index in [2.05, 4.69) is 24.3 Å². The smallest absolute Gasteiger partial charge is 0.309 e. The molecule has 0 radical (unpaired) electrons. The number of ketones is 1. The van der Waals surface area contributed by atoms with Gasteiger partial charge in [-0.2, -0.15) is 0 Å². The molecule has 0 aromatic heterocycles. The largest absolute Gasteiger partial charge is 0.481 e. The summed E-state index contributed by atoms with van der Waals surface area (Å²) in [7, 11) is 0. The van der Waals surface area contributed by atoms with Gasteiger partial charge >= 0.3 is 5.97 Å². The van der Waals surface area contributed by atoms with Gasteiger partial charge in [0.05, 0.1) is 5.41 Å². The van der Waals surface area contributed by atoms with Crippen LogP contribution in [0.2, 0.25) is 0 Å². The first-order chi connectivity index (χ1) is 13.3. The maximum absolute atomic E-state index is 11.6. The van der Waals surface area contributed by atoms with Crippen LogP contribution in [0.3, 0.4) is 0 Å². The van der Waals surface area contributed by atoms with E-state index in [-0.39, 0.29) is 16.6 Å². The van der Waals surface area contributed by atoms with Crippen LogP contribution in [-0.4, -0.2) is 16.9 Å². The number of aryl methyl sites for hydroxylation is 2. The summed E-state index contributed by atoms with van der Waals surface area (Å²) < 4.78 is 0. The lowest BCUT2D eigenvalue weighted by Gasteiger charge is -2.20. The van der Waals surface area contributed by atoms with E-state index in [0.717, 1.165) is 64.2 Å². The minimum absolute atomic E-state index is 0.177. The van der Waals surface area contributed by atoms with E-state index in [9.17, 15) is 14.7 Å². The van der Waals surface area contributed by atoms with Crippen LogP contribution in [0.4, 0.5) is 0 Å². The quantitative estimate of drug-likeness (QED) is 0.378. The maximum atomic E-state index is 11.6. The summed E-state index contributed by atoms with van der Waals surface area (Å²) in [6, 6.07) is 8.91. The summed E-state index contributed by atoms with van der Waals surface area (Å²) in [5, 5.41) is 9.22. The lowest BCUT2D eigenvalue weighted by Crippen LogP contribution is -2.20. The molecule has 0 spiro atoms. The van der Waals surface area contributed by atoms with Gasteiger partial charge in [0.2, 0.25) is 0 Å². The molecule has 3 nitrogen and oxygen atoms in total. The molecule has 1 aliphatic rings. The Morgan fingerprint density at radius 1 is 0.964 bits per heavy atom. The molecular formula is C25H38O3. The number of carbonyl (C=O) groups excluding carboxylic acids is 1. The van der Waals surface area contributed by atoms with Crippen molar-refractivity contribution in [3.8, 4) is 0 Å². The average Bonchev–Trinajstić information content (AvgIpc) is 3.42. The molecule has 0 atom stereocenters. The predicted molar refractivity (Wildman–Crippen MR) is 115 cm³/mol. The summed E-state index contributed by atoms with van der Waals surface area (Å²) in [4.78, 5) is 22.8. The monoisotopic (exact) mass is 386 g/mol. The van der Waals surface area contributed by atoms with Gasteiger partial charge in [0, 0.05) is 5.41 Å². The first-order valence-corrected chi connectivity index (χ1v) is 11.1. The van der Waals surface area contributed by atoms with E-state index < -0.39 is 5.97 Å². The Morgan fingerprint density at radius 2 is 1.54 bits per heavy atom. The van der Waals surface area contributed by atoms with Crippen molar-refractivity contribution in [2.45, 2.75) is 97.8 Å². The van der Waals surface area contributed by atoms with E-state index in [1.807, 2.05) is 13.8 Å². The van der Waals surface area contributed by atoms with Crippen LogP contribution >= 0.6 is 0 Å². The second kappa shape index (κ2) is 10.2. The molecule has 1 aromatic rings. The Labute approximate surface area is 170 Å². The number of carbonyl (C=O) groups is 2. The van der Waals surface area contributed by atoms with Crippen molar-refractivity contribution in [3.05, 3.63) is 35.4 Å². The van der Waals surface area contributed by atoms with Crippen LogP contribution in [0.5, 0.6) is 0 Å². The Kier molecular flexibility index (Phi) is 8.27. The van der Waals surface area contributed by atoms with Crippen molar-refractivity contribution in [1.82, 2.24) is 0 Å². The molecule has 0 aliphatic heterocycles. The number of rotatable bonds is 14. The fraction of sp³-hybridized carbons (Fsp3) is 0.680. The average molecular weight is 387 g/mol. The first kappa shape index (κ1) is 22.6. The SMILES string of the molecule is CC(=O)C(C)(C)CCCCCc1cccc(CCCCCC2(C(=O)O)CC2)c1. The van der Waals surface area contributed by atoms with E-state index in [4.69, 9.17) is 0 Å². The Balaban J connectivity index is 1.61. The molecule has 1 fully saturated rings. The van der Waals surface area contributed by atoms with Gasteiger partial charge in [-0.25, -0.2) is 0 Å². The molecule has 156 valence electrons. The van der Waals surface area contributed by atoms with Crippen LogP contribution in [0, 0.1) is 10.8 Å². The number of carboxylic acid groups (broad SMARTS) is 1. The van der Waals surface area contributed by atoms with Crippen molar-refractivity contribution >= 4 is 11.8 Å². The summed E-state index contributed by atoms with van der Waals surface area (Å²) in [6.07, 6.45) is 12.5. The minimum Gasteiger partial charge on any atom is -0.481 e. The molecule has 0 unspecified atom stereocenters. The number of hydrogen-bond donors (Lipinski definition) is 1. The topological polar surface area (TPSA) is 54.4 Å². The normalized spacial score (nSPS) is 15.4. The third-order valence-electron chi connectivity index (χ3n) is 6.64. The molecule has 0 saturated heterocycles. The first-order valence-electron chi connectivity index (χ1n) is 11.1. The van der Waals surface area contributed by atoms with Gasteiger partial charge in [-0.3, -0.25) is 9.59 Å². The number of Topliss-reactive ketones (excluding diaryl/α,β-unsaturated/α-hetero) is 1. The lowest BCUT2D eigenvalue weighted by atomic mass is 9.83. The van der Waals surface area contributed by atoms with Crippen molar-refractivity contribution < 1.29 is 14.7 Å². The Bertz CT molecular complexity index is 614. The van der Waals surface area contributed by atoms with Crippen molar-refractivity contribution in [3.63, 3.8) is 0 Å². The third-order valence-corrected chi connectivity index (χ3v) is 6.64. The lowest BCUT2D eigenvalue weighted by molar-refractivity contribution is -0.143. The van der Waals surface area contributed by atoms with Gasteiger partial charge in [-0.05, 0) is 69.4 Å². The Hall–Kier alpha value is -1.64. The number of aliphatic carboxylic acids is 1. The summed E-state index contributed by atoms with van der Waals surface area (Å²) in [6.45, 7) is 5.79. The molecule has 2 rings (SSSR count). The van der Waals surface area contributed by atoms with E-state index in [1.54, 1.807) is 6.92 Å². The molecule has 28 heavy (non-hydrogen) atoms. The van der Waals surface area contributed by atoms with Crippen LogP contribution < -0.4 is 0 Å². The van der Waals surface area contributed by atoms with Crippen LogP contribution in [0.1, 0.15) is 96.1 Å². The highest BCUT2D eigenvalue weighted by molar-refractivity contribution is 5.81. The van der Waals surface area contributed by atoms with Gasteiger partial charge in [0.1, 0.15) is 5.78 Å². The molecule has 3 heteroatoms. The highest BCUT2D eigenvalue weighted by Crippen LogP contribution is 2.50. The zero-order chi connectivity index (χ0) is 20.6. The molecule has 0 heterocycles. The van der Waals surface area contributed by atoms with Gasteiger partial charge in [0.15, 0.2) is 0 Å². The second-order valence-corrected chi connectivity index (χ2v) is 9.47. The fourth-order valence-corrected chi connectivity index (χ4v) is 3.88. The minimum atomic E-state index is -0.593. The summed E-state index contributed by atoms with van der Waals surface area (Å²) in [5.41, 5.74) is 2.27. The summed E-state index contributed by atoms with van der Waals surface area (Å²) in [5.74, 6) is -0.305. The maximum Gasteiger partial charge on any atom is 0.309 e. The molecule has 1 saturated carbocycles. The van der Waals surface area contributed by atoms with E-state index in [1.165, 1.54) is 24.0 Å². The van der Waals surface area contributed by atoms with Gasteiger partial charge in [-0.1, -0.05) is 63.8 Å². The zero-order valence-electron chi connectivity index (χ0n) is 18.1. The number of unbranched alkanes of at least 4 members (excludes halogenated alkanes) is 4. The molecule has 1 N–H and O–H groups in total. The molecule has 0 amide bonds. The number of carboxylic acids is 1. The van der Waals surface area contributed by atoms with Crippen molar-refractivity contribution in [1.29, 1.82) is 0 Å². The van der Waals surface area contributed by atoms with Crippen LogP contribution in [0.25, 0.3) is 0 Å². The van der Waals surface area contributed by atoms with E-state index >= 15 is 0 Å². The summed E-state index contributed by atoms with van der Waals surface area (Å²) >= 11 is 0. The highest BCUT2D eigenvalue weighted by atomic mass is 16.4. The van der Waals surface area contributed by atoms with E-state index in [0.29, 0.717) is 0 Å². The molecule has 1 aromatic carbocycles. The number of hydrogen-bond acceptors (Lipinski definition) is 2. The van der Waals surface area contributed by atoms with Crippen LogP contribution in [0.15, 0.2) is 24.3 Å². The van der Waals surface area contributed by atoms with Gasteiger partial charge in [0.25, 0.3) is 0 Å². The van der Waals surface area contributed by atoms with Crippen molar-refractivity contribution in [2.75, 3.05) is 0 Å². The Morgan fingerprint density at radius 3 is 2.04 bits per heavy atom. The predicted octanol–water partition coefficient (Wildman–Crippen LogP) is 6.37. The molecule has 1 aliphatic carbocycles. The standard InChI is InChI=1S/C25H38O3/c1-20(26)24(2,3)15-8-4-6-11-21-13-10-14-22(19-21)12-7-5-9-16-25(17-18-25)23(27)28/h10,13-14,19H,4-9,11-12,15-18H2,1-3H3,(H,27,28). The zero-order valence-corrected chi connectivity index (χ0v) is 18.1. The van der Waals surface area contributed by atoms with Gasteiger partial charge < -0.3 is 5.11 Å². The van der Waals surface area contributed by atoms with Crippen molar-refractivity contribution in [2.24, 2.45) is 10.8 Å². The molecular weight excluding hydrogens is 348 g/mol. The molecule has 0 bridgehead atoms. The third kappa shape index (κ3) is 7.07. The van der Waals surface area contributed by atoms with Crippen LogP contribution in [-0.2, 0) is 22.4 Å². The number of benzene rings is 1. The van der Waals surface area contributed by atoms with Gasteiger partial charge in [-0.15, -0.1) is 0 Å². The second-order valence-electron chi connectivity index (χ2n) is 9.47. The fourth-order valence-electron chi connectivity index (χ4n) is 3.88.